The lowest BCUT2D eigenvalue weighted by molar-refractivity contribution is 0.219. The van der Waals surface area contributed by atoms with Crippen molar-refractivity contribution in [3.05, 3.63) is 64.1 Å². The average Bonchev–Trinajstić information content (AvgIpc) is 2.39. The average molecular weight is 293 g/mol. The van der Waals surface area contributed by atoms with Gasteiger partial charge in [0, 0.05) is 4.47 Å². The van der Waals surface area contributed by atoms with Crippen molar-refractivity contribution in [3.63, 3.8) is 0 Å². The molecular weight excluding hydrogens is 280 g/mol. The highest BCUT2D eigenvalue weighted by atomic mass is 79.9. The summed E-state index contributed by atoms with van der Waals surface area (Å²) in [5.41, 5.74) is 1.70. The van der Waals surface area contributed by atoms with Crippen molar-refractivity contribution >= 4 is 15.9 Å². The first kappa shape index (κ1) is 12.1. The number of aliphatic hydroxyl groups excluding tert-OH is 1. The molecule has 2 aromatic carbocycles. The van der Waals surface area contributed by atoms with Crippen molar-refractivity contribution in [3.8, 4) is 5.75 Å². The van der Waals surface area contributed by atoms with Gasteiger partial charge in [-0.15, -0.1) is 0 Å². The molecule has 0 fully saturated rings. The number of aliphatic hydroxyl groups is 1. The van der Waals surface area contributed by atoms with Crippen LogP contribution in [0.15, 0.2) is 53.0 Å². The zero-order valence-electron chi connectivity index (χ0n) is 9.43. The van der Waals surface area contributed by atoms with Gasteiger partial charge < -0.3 is 9.84 Å². The Morgan fingerprint density at radius 2 is 1.82 bits per heavy atom. The van der Waals surface area contributed by atoms with E-state index >= 15 is 0 Å². The smallest absolute Gasteiger partial charge is 0.120 e. The lowest BCUT2D eigenvalue weighted by atomic mass is 10.0. The summed E-state index contributed by atoms with van der Waals surface area (Å²) in [6.45, 7) is 0. The Labute approximate surface area is 109 Å². The summed E-state index contributed by atoms with van der Waals surface area (Å²) in [5, 5.41) is 10.3. The third-order valence-corrected chi connectivity index (χ3v) is 3.30. The normalized spacial score (nSPS) is 12.2. The second kappa shape index (κ2) is 5.34. The monoisotopic (exact) mass is 292 g/mol. The third-order valence-electron chi connectivity index (χ3n) is 2.62. The maximum Gasteiger partial charge on any atom is 0.120 e. The van der Waals surface area contributed by atoms with Crippen LogP contribution in [0.2, 0.25) is 0 Å². The van der Waals surface area contributed by atoms with E-state index in [1.54, 1.807) is 7.11 Å². The van der Waals surface area contributed by atoms with E-state index in [9.17, 15) is 5.11 Å². The highest BCUT2D eigenvalue weighted by Crippen LogP contribution is 2.31. The van der Waals surface area contributed by atoms with Crippen LogP contribution >= 0.6 is 15.9 Å². The van der Waals surface area contributed by atoms with Crippen LogP contribution in [0.3, 0.4) is 0 Å². The molecule has 0 saturated carbocycles. The van der Waals surface area contributed by atoms with Crippen molar-refractivity contribution in [1.82, 2.24) is 0 Å². The lowest BCUT2D eigenvalue weighted by Gasteiger charge is -2.14. The summed E-state index contributed by atoms with van der Waals surface area (Å²) in [6, 6.07) is 15.1. The molecule has 0 unspecified atom stereocenters. The minimum Gasteiger partial charge on any atom is -0.497 e. The molecule has 0 aliphatic carbocycles. The summed E-state index contributed by atoms with van der Waals surface area (Å²) in [4.78, 5) is 0. The molecular formula is C14H13BrO2. The molecule has 2 rings (SSSR count). The topological polar surface area (TPSA) is 29.5 Å². The van der Waals surface area contributed by atoms with Gasteiger partial charge in [-0.25, -0.2) is 0 Å². The molecule has 0 bridgehead atoms. The zero-order valence-corrected chi connectivity index (χ0v) is 11.0. The Kier molecular flexibility index (Phi) is 3.82. The molecule has 1 N–H and O–H groups in total. The molecule has 88 valence electrons. The van der Waals surface area contributed by atoms with Crippen molar-refractivity contribution in [2.75, 3.05) is 7.11 Å². The Balaban J connectivity index is 2.34. The molecule has 0 radical (unpaired) electrons. The molecule has 2 aromatic rings. The quantitative estimate of drug-likeness (QED) is 0.938. The van der Waals surface area contributed by atoms with Crippen molar-refractivity contribution in [1.29, 1.82) is 0 Å². The number of rotatable bonds is 3. The summed E-state index contributed by atoms with van der Waals surface area (Å²) in [5.74, 6) is 0.765. The number of hydrogen-bond donors (Lipinski definition) is 1. The lowest BCUT2D eigenvalue weighted by Crippen LogP contribution is -2.00. The van der Waals surface area contributed by atoms with Gasteiger partial charge in [0.15, 0.2) is 0 Å². The van der Waals surface area contributed by atoms with E-state index in [1.165, 1.54) is 0 Å². The third kappa shape index (κ3) is 2.68. The van der Waals surface area contributed by atoms with E-state index in [0.29, 0.717) is 0 Å². The fourth-order valence-electron chi connectivity index (χ4n) is 1.67. The summed E-state index contributed by atoms with van der Waals surface area (Å²) < 4.78 is 5.96. The van der Waals surface area contributed by atoms with Gasteiger partial charge in [0.1, 0.15) is 11.9 Å². The van der Waals surface area contributed by atoms with Crippen LogP contribution in [0.5, 0.6) is 5.75 Å². The highest BCUT2D eigenvalue weighted by Gasteiger charge is 2.13. The molecule has 0 spiro atoms. The maximum absolute atomic E-state index is 10.3. The van der Waals surface area contributed by atoms with Crippen LogP contribution in [0.4, 0.5) is 0 Å². The van der Waals surface area contributed by atoms with Gasteiger partial charge in [0.25, 0.3) is 0 Å². The molecule has 0 heterocycles. The number of halogens is 1. The van der Waals surface area contributed by atoms with Gasteiger partial charge in [-0.2, -0.15) is 0 Å². The molecule has 0 saturated heterocycles. The predicted molar refractivity (Wildman–Crippen MR) is 71.2 cm³/mol. The van der Waals surface area contributed by atoms with Gasteiger partial charge in [-0.1, -0.05) is 52.3 Å². The van der Waals surface area contributed by atoms with Crippen LogP contribution in [0.25, 0.3) is 0 Å². The number of methoxy groups -OCH3 is 1. The fraction of sp³-hybridized carbons (Fsp3) is 0.143. The van der Waals surface area contributed by atoms with Gasteiger partial charge in [0.2, 0.25) is 0 Å². The van der Waals surface area contributed by atoms with Gasteiger partial charge in [-0.3, -0.25) is 0 Å². The first-order chi connectivity index (χ1) is 8.22. The van der Waals surface area contributed by atoms with E-state index in [2.05, 4.69) is 15.9 Å². The van der Waals surface area contributed by atoms with Crippen molar-refractivity contribution in [2.24, 2.45) is 0 Å². The molecule has 0 aliphatic rings. The Bertz CT molecular complexity index is 497. The molecule has 0 aliphatic heterocycles. The van der Waals surface area contributed by atoms with E-state index in [-0.39, 0.29) is 0 Å². The maximum atomic E-state index is 10.3. The molecule has 2 nitrogen and oxygen atoms in total. The molecule has 1 atom stereocenters. The van der Waals surface area contributed by atoms with Crippen molar-refractivity contribution < 1.29 is 9.84 Å². The van der Waals surface area contributed by atoms with E-state index in [4.69, 9.17) is 4.74 Å². The first-order valence-electron chi connectivity index (χ1n) is 5.29. The Morgan fingerprint density at radius 3 is 2.41 bits per heavy atom. The van der Waals surface area contributed by atoms with E-state index < -0.39 is 6.10 Å². The van der Waals surface area contributed by atoms with Gasteiger partial charge in [0.05, 0.1) is 7.11 Å². The zero-order chi connectivity index (χ0) is 12.3. The number of hydrogen-bond acceptors (Lipinski definition) is 2. The minimum atomic E-state index is -0.628. The van der Waals surface area contributed by atoms with E-state index in [0.717, 1.165) is 21.3 Å². The van der Waals surface area contributed by atoms with Crippen LogP contribution in [0, 0.1) is 0 Å². The Hall–Kier alpha value is -1.32. The van der Waals surface area contributed by atoms with Crippen LogP contribution in [-0.4, -0.2) is 12.2 Å². The van der Waals surface area contributed by atoms with Crippen LogP contribution < -0.4 is 4.74 Å². The summed E-state index contributed by atoms with van der Waals surface area (Å²) in [6.07, 6.45) is -0.628. The second-order valence-corrected chi connectivity index (χ2v) is 4.56. The van der Waals surface area contributed by atoms with Crippen molar-refractivity contribution in [2.45, 2.75) is 6.10 Å². The highest BCUT2D eigenvalue weighted by molar-refractivity contribution is 9.10. The standard InChI is InChI=1S/C14H13BrO2/c1-17-11-7-8-12(13(15)9-11)14(16)10-5-3-2-4-6-10/h2-9,14,16H,1H3/t14-/m1/s1. The SMILES string of the molecule is COc1ccc([C@H](O)c2ccccc2)c(Br)c1. The fourth-order valence-corrected chi connectivity index (χ4v) is 2.25. The number of benzene rings is 2. The molecule has 0 amide bonds. The summed E-state index contributed by atoms with van der Waals surface area (Å²) in [7, 11) is 1.62. The summed E-state index contributed by atoms with van der Waals surface area (Å²) >= 11 is 3.45. The minimum absolute atomic E-state index is 0.628. The van der Waals surface area contributed by atoms with Gasteiger partial charge in [-0.05, 0) is 23.3 Å². The molecule has 17 heavy (non-hydrogen) atoms. The predicted octanol–water partition coefficient (Wildman–Crippen LogP) is 3.54. The Morgan fingerprint density at radius 1 is 1.12 bits per heavy atom. The van der Waals surface area contributed by atoms with Gasteiger partial charge >= 0.3 is 0 Å². The van der Waals surface area contributed by atoms with Crippen LogP contribution in [0.1, 0.15) is 17.2 Å². The molecule has 0 aromatic heterocycles. The molecule has 3 heteroatoms. The second-order valence-electron chi connectivity index (χ2n) is 3.70. The first-order valence-corrected chi connectivity index (χ1v) is 6.08. The van der Waals surface area contributed by atoms with Crippen LogP contribution in [-0.2, 0) is 0 Å². The number of ether oxygens (including phenoxy) is 1. The largest absolute Gasteiger partial charge is 0.497 e. The van der Waals surface area contributed by atoms with E-state index in [1.807, 2.05) is 48.5 Å².